The van der Waals surface area contributed by atoms with E-state index in [0.29, 0.717) is 29.3 Å². The Labute approximate surface area is 139 Å². The van der Waals surface area contributed by atoms with E-state index >= 15 is 0 Å². The minimum absolute atomic E-state index is 0.148. The number of ether oxygens (including phenoxy) is 1. The molecule has 1 aliphatic rings. The second kappa shape index (κ2) is 6.97. The van der Waals surface area contributed by atoms with Gasteiger partial charge in [0.15, 0.2) is 5.96 Å². The van der Waals surface area contributed by atoms with Gasteiger partial charge in [0.1, 0.15) is 6.54 Å². The van der Waals surface area contributed by atoms with Gasteiger partial charge < -0.3 is 19.9 Å². The molecule has 0 aliphatic carbocycles. The molecule has 1 fully saturated rings. The molecule has 1 saturated heterocycles. The first-order valence-corrected chi connectivity index (χ1v) is 7.74. The normalized spacial score (nSPS) is 19.1. The topological polar surface area (TPSA) is 89.8 Å². The summed E-state index contributed by atoms with van der Waals surface area (Å²) in [6, 6.07) is 7.28. The molecule has 23 heavy (non-hydrogen) atoms. The average molecular weight is 336 g/mol. The molecule has 8 heteroatoms. The van der Waals surface area contributed by atoms with Crippen LogP contribution in [0.1, 0.15) is 12.8 Å². The van der Waals surface area contributed by atoms with E-state index < -0.39 is 0 Å². The third-order valence-corrected chi connectivity index (χ3v) is 3.73. The average Bonchev–Trinajstić information content (AvgIpc) is 3.01. The Hall–Kier alpha value is -2.12. The number of morpholine rings is 1. The van der Waals surface area contributed by atoms with Gasteiger partial charge in [-0.3, -0.25) is 0 Å². The molecule has 122 valence electrons. The Morgan fingerprint density at radius 2 is 2.39 bits per heavy atom. The molecule has 1 aromatic carbocycles. The van der Waals surface area contributed by atoms with E-state index in [9.17, 15) is 0 Å². The Morgan fingerprint density at radius 1 is 1.52 bits per heavy atom. The molecule has 0 bridgehead atoms. The van der Waals surface area contributed by atoms with E-state index in [1.54, 1.807) is 12.1 Å². The van der Waals surface area contributed by atoms with Gasteiger partial charge in [0.2, 0.25) is 11.7 Å². The van der Waals surface area contributed by atoms with Crippen LogP contribution >= 0.6 is 11.6 Å². The number of hydrogen-bond acceptors (Lipinski definition) is 5. The van der Waals surface area contributed by atoms with Gasteiger partial charge in [-0.15, -0.1) is 0 Å². The number of guanidine groups is 1. The third-order valence-electron chi connectivity index (χ3n) is 3.49. The predicted octanol–water partition coefficient (Wildman–Crippen LogP) is 1.93. The van der Waals surface area contributed by atoms with E-state index in [4.69, 9.17) is 26.6 Å². The minimum atomic E-state index is 0.148. The summed E-state index contributed by atoms with van der Waals surface area (Å²) in [7, 11) is 0. The lowest BCUT2D eigenvalue weighted by molar-refractivity contribution is 0.00527. The number of aliphatic imine (C=N–C) groups is 1. The van der Waals surface area contributed by atoms with E-state index in [0.717, 1.165) is 18.7 Å². The van der Waals surface area contributed by atoms with Crippen LogP contribution in [-0.4, -0.2) is 46.8 Å². The van der Waals surface area contributed by atoms with Gasteiger partial charge >= 0.3 is 0 Å². The summed E-state index contributed by atoms with van der Waals surface area (Å²) in [5.74, 6) is 1.35. The van der Waals surface area contributed by atoms with Crippen molar-refractivity contribution in [1.29, 1.82) is 0 Å². The summed E-state index contributed by atoms with van der Waals surface area (Å²) >= 11 is 5.96. The van der Waals surface area contributed by atoms with Crippen molar-refractivity contribution >= 4 is 17.6 Å². The van der Waals surface area contributed by atoms with Crippen molar-refractivity contribution in [2.75, 3.05) is 19.7 Å². The molecule has 0 saturated carbocycles. The summed E-state index contributed by atoms with van der Waals surface area (Å²) in [4.78, 5) is 10.6. The number of nitrogens with zero attached hydrogens (tertiary/aromatic N) is 4. The highest BCUT2D eigenvalue weighted by molar-refractivity contribution is 6.30. The summed E-state index contributed by atoms with van der Waals surface area (Å²) in [6.45, 7) is 4.36. The Balaban J connectivity index is 1.66. The van der Waals surface area contributed by atoms with Crippen LogP contribution in [0.2, 0.25) is 5.02 Å². The van der Waals surface area contributed by atoms with Crippen LogP contribution in [0.25, 0.3) is 11.4 Å². The fourth-order valence-electron chi connectivity index (χ4n) is 2.34. The van der Waals surface area contributed by atoms with E-state index in [1.165, 1.54) is 0 Å². The van der Waals surface area contributed by atoms with Crippen molar-refractivity contribution in [3.63, 3.8) is 0 Å². The van der Waals surface area contributed by atoms with E-state index in [2.05, 4.69) is 15.1 Å². The third kappa shape index (κ3) is 4.00. The first-order valence-electron chi connectivity index (χ1n) is 7.37. The molecule has 0 radical (unpaired) electrons. The molecule has 3 rings (SSSR count). The Kier molecular flexibility index (Phi) is 4.78. The first kappa shape index (κ1) is 15.8. The summed E-state index contributed by atoms with van der Waals surface area (Å²) in [6.07, 6.45) is 0.148. The summed E-state index contributed by atoms with van der Waals surface area (Å²) in [5.41, 5.74) is 6.81. The highest BCUT2D eigenvalue weighted by atomic mass is 35.5. The molecule has 2 heterocycles. The number of halogens is 1. The maximum absolute atomic E-state index is 6.01. The largest absolute Gasteiger partial charge is 0.375 e. The maximum atomic E-state index is 6.01. The molecule has 0 amide bonds. The number of benzene rings is 1. The van der Waals surface area contributed by atoms with Crippen LogP contribution < -0.4 is 5.73 Å². The number of hydrogen-bond donors (Lipinski definition) is 1. The highest BCUT2D eigenvalue weighted by Crippen LogP contribution is 2.20. The van der Waals surface area contributed by atoms with Gasteiger partial charge in [0.25, 0.3) is 0 Å². The lowest BCUT2D eigenvalue weighted by Crippen LogP contribution is -2.47. The SMILES string of the molecule is CC1CN(C(N)=NCc2nc(-c3cccc(Cl)c3)no2)CCO1. The van der Waals surface area contributed by atoms with Gasteiger partial charge in [-0.2, -0.15) is 4.98 Å². The van der Waals surface area contributed by atoms with Crippen molar-refractivity contribution in [3.05, 3.63) is 35.2 Å². The monoisotopic (exact) mass is 335 g/mol. The van der Waals surface area contributed by atoms with E-state index in [-0.39, 0.29) is 12.6 Å². The van der Waals surface area contributed by atoms with Crippen LogP contribution in [0.4, 0.5) is 0 Å². The van der Waals surface area contributed by atoms with Crippen molar-refractivity contribution in [1.82, 2.24) is 15.0 Å². The standard InChI is InChI=1S/C15H18ClN5O2/c1-10-9-21(5-6-22-10)15(17)18-8-13-19-14(20-23-13)11-3-2-4-12(16)7-11/h2-4,7,10H,5-6,8-9H2,1H3,(H2,17,18). The minimum Gasteiger partial charge on any atom is -0.375 e. The Bertz CT molecular complexity index is 703. The zero-order chi connectivity index (χ0) is 16.2. The lowest BCUT2D eigenvalue weighted by atomic mass is 10.2. The number of nitrogens with two attached hydrogens (primary N) is 1. The fourth-order valence-corrected chi connectivity index (χ4v) is 2.53. The maximum Gasteiger partial charge on any atom is 0.248 e. The number of rotatable bonds is 3. The quantitative estimate of drug-likeness (QED) is 0.681. The highest BCUT2D eigenvalue weighted by Gasteiger charge is 2.18. The van der Waals surface area contributed by atoms with Crippen molar-refractivity contribution < 1.29 is 9.26 Å². The van der Waals surface area contributed by atoms with Crippen LogP contribution in [0, 0.1) is 0 Å². The molecular weight excluding hydrogens is 318 g/mol. The van der Waals surface area contributed by atoms with Crippen molar-refractivity contribution in [2.24, 2.45) is 10.7 Å². The van der Waals surface area contributed by atoms with E-state index in [1.807, 2.05) is 24.0 Å². The van der Waals surface area contributed by atoms with Crippen molar-refractivity contribution in [3.8, 4) is 11.4 Å². The predicted molar refractivity (Wildman–Crippen MR) is 87.1 cm³/mol. The van der Waals surface area contributed by atoms with Crippen LogP contribution in [0.5, 0.6) is 0 Å². The van der Waals surface area contributed by atoms with Crippen LogP contribution in [0.3, 0.4) is 0 Å². The molecule has 1 aliphatic heterocycles. The molecule has 1 atom stereocenters. The molecule has 7 nitrogen and oxygen atoms in total. The second-order valence-electron chi connectivity index (χ2n) is 5.32. The molecule has 1 aromatic heterocycles. The first-order chi connectivity index (χ1) is 11.1. The fraction of sp³-hybridized carbons (Fsp3) is 0.400. The van der Waals surface area contributed by atoms with Gasteiger partial charge in [0.05, 0.1) is 12.7 Å². The molecular formula is C15H18ClN5O2. The van der Waals surface area contributed by atoms with Gasteiger partial charge in [0, 0.05) is 23.7 Å². The number of aromatic nitrogens is 2. The Morgan fingerprint density at radius 3 is 3.17 bits per heavy atom. The van der Waals surface area contributed by atoms with Gasteiger partial charge in [-0.25, -0.2) is 4.99 Å². The van der Waals surface area contributed by atoms with Gasteiger partial charge in [-0.05, 0) is 19.1 Å². The lowest BCUT2D eigenvalue weighted by Gasteiger charge is -2.31. The summed E-state index contributed by atoms with van der Waals surface area (Å²) in [5, 5.41) is 4.56. The second-order valence-corrected chi connectivity index (χ2v) is 5.76. The summed E-state index contributed by atoms with van der Waals surface area (Å²) < 4.78 is 10.7. The smallest absolute Gasteiger partial charge is 0.248 e. The van der Waals surface area contributed by atoms with Crippen molar-refractivity contribution in [2.45, 2.75) is 19.6 Å². The van der Waals surface area contributed by atoms with Crippen LogP contribution in [-0.2, 0) is 11.3 Å². The molecule has 2 aromatic rings. The van der Waals surface area contributed by atoms with Crippen LogP contribution in [0.15, 0.2) is 33.8 Å². The molecule has 2 N–H and O–H groups in total. The zero-order valence-electron chi connectivity index (χ0n) is 12.8. The van der Waals surface area contributed by atoms with Gasteiger partial charge in [-0.1, -0.05) is 28.9 Å². The molecule has 0 spiro atoms. The zero-order valence-corrected chi connectivity index (χ0v) is 13.5. The molecule has 1 unspecified atom stereocenters.